The first-order valence-corrected chi connectivity index (χ1v) is 9.79. The zero-order valence-electron chi connectivity index (χ0n) is 15.5. The van der Waals surface area contributed by atoms with Gasteiger partial charge in [-0.25, -0.2) is 10.4 Å². The maximum absolute atomic E-state index is 12.7. The Bertz CT molecular complexity index is 688. The van der Waals surface area contributed by atoms with Crippen LogP contribution in [0.15, 0.2) is 30.3 Å². The number of nitrogens with zero attached hydrogens (tertiary/aromatic N) is 1. The first-order valence-electron chi connectivity index (χ1n) is 8.80. The molecule has 1 saturated heterocycles. The quantitative estimate of drug-likeness (QED) is 0.430. The number of rotatable bonds is 9. The molecule has 1 heterocycles. The van der Waals surface area contributed by atoms with Crippen LogP contribution in [0, 0.1) is 5.92 Å². The molecule has 2 amide bonds. The third-order valence-corrected chi connectivity index (χ3v) is 5.33. The monoisotopic (exact) mass is 575 g/mol. The maximum atomic E-state index is 12.7. The fraction of sp³-hybridized carbons (Fsp3) is 0.474. The van der Waals surface area contributed by atoms with Gasteiger partial charge < -0.3 is 31.9 Å². The van der Waals surface area contributed by atoms with Crippen LogP contribution in [0.3, 0.4) is 0 Å². The average molecular weight is 575 g/mol. The Balaban J connectivity index is 0.00000392. The second-order valence-corrected chi connectivity index (χ2v) is 7.36. The van der Waals surface area contributed by atoms with Crippen LogP contribution in [-0.2, 0) is 46.7 Å². The van der Waals surface area contributed by atoms with Gasteiger partial charge in [0.05, 0.1) is 0 Å². The van der Waals surface area contributed by atoms with Gasteiger partial charge in [-0.05, 0) is 24.2 Å². The normalized spacial score (nSPS) is 17.9. The summed E-state index contributed by atoms with van der Waals surface area (Å²) >= 11 is 0.897. The van der Waals surface area contributed by atoms with E-state index in [9.17, 15) is 24.3 Å². The first kappa shape index (κ1) is 24.4. The molecule has 1 unspecified atom stereocenters. The molecule has 2 N–H and O–H groups in total. The molecule has 28 heavy (non-hydrogen) atoms. The Morgan fingerprint density at radius 1 is 1.32 bits per heavy atom. The number of nitrogens with one attached hydrogen (secondary N) is 1. The second-order valence-electron chi connectivity index (χ2n) is 6.57. The van der Waals surface area contributed by atoms with Crippen molar-refractivity contribution in [3.63, 3.8) is 0 Å². The molecule has 9 heteroatoms. The summed E-state index contributed by atoms with van der Waals surface area (Å²) in [5, 5.41) is 12.0. The van der Waals surface area contributed by atoms with E-state index in [1.54, 1.807) is 24.7 Å². The predicted octanol–water partition coefficient (Wildman–Crippen LogP) is 1.22. The van der Waals surface area contributed by atoms with E-state index in [0.29, 0.717) is 25.1 Å². The topological polar surface area (TPSA) is 104 Å². The molecule has 3 atom stereocenters. The van der Waals surface area contributed by atoms with Gasteiger partial charge in [-0.3, -0.25) is 9.59 Å². The molecular weight excluding hydrogens is 552 g/mol. The number of carboxylic acids is 1. The standard InChI is InChI=1S/C19H23N2O5S.W/c1-13(11-27-12-22)18(24)21-9-5-8-16(21)17(23)20-15(19(25)26)10-14-6-3-2-4-7-14;/h2-4,6-7,13,15-16H,5,8-11H2,1H3,(H,20,23)(H,25,26);/q-1;/t13-,15?,16+;/m1./s1. The van der Waals surface area contributed by atoms with Crippen LogP contribution >= 0.6 is 11.8 Å². The number of carbonyl (C=O) groups excluding carboxylic acids is 3. The van der Waals surface area contributed by atoms with Crippen LogP contribution in [0.2, 0.25) is 0 Å². The third kappa shape index (κ3) is 6.74. The largest absolute Gasteiger partial charge is 0.530 e. The Morgan fingerprint density at radius 2 is 2.00 bits per heavy atom. The Hall–Kier alpha value is -1.66. The van der Waals surface area contributed by atoms with Crippen molar-refractivity contribution in [3.05, 3.63) is 35.9 Å². The van der Waals surface area contributed by atoms with E-state index in [1.165, 1.54) is 4.90 Å². The third-order valence-electron chi connectivity index (χ3n) is 4.55. The van der Waals surface area contributed by atoms with Crippen LogP contribution in [0.4, 0.5) is 0 Å². The van der Waals surface area contributed by atoms with Crippen molar-refractivity contribution in [1.29, 1.82) is 0 Å². The molecule has 0 saturated carbocycles. The van der Waals surface area contributed by atoms with Crippen molar-refractivity contribution in [2.24, 2.45) is 5.92 Å². The molecule has 1 aliphatic heterocycles. The van der Waals surface area contributed by atoms with Gasteiger partial charge in [0.25, 0.3) is 0 Å². The zero-order valence-corrected chi connectivity index (χ0v) is 19.2. The van der Waals surface area contributed by atoms with E-state index in [1.807, 2.05) is 18.2 Å². The average Bonchev–Trinajstić information content (AvgIpc) is 3.15. The van der Waals surface area contributed by atoms with Crippen molar-refractivity contribution >= 4 is 35.2 Å². The molecule has 1 aromatic carbocycles. The number of carboxylic acid groups (broad SMARTS) is 1. The molecule has 0 aromatic heterocycles. The Kier molecular flexibility index (Phi) is 10.5. The molecule has 1 aliphatic rings. The van der Waals surface area contributed by atoms with Crippen LogP contribution < -0.4 is 5.32 Å². The minimum Gasteiger partial charge on any atom is -0.530 e. The summed E-state index contributed by atoms with van der Waals surface area (Å²) in [6.45, 7) is 2.16. The van der Waals surface area contributed by atoms with Crippen molar-refractivity contribution in [2.45, 2.75) is 38.3 Å². The molecule has 2 rings (SSSR count). The fourth-order valence-corrected chi connectivity index (χ4v) is 3.59. The summed E-state index contributed by atoms with van der Waals surface area (Å²) in [5.74, 6) is -1.88. The summed E-state index contributed by atoms with van der Waals surface area (Å²) in [4.78, 5) is 48.6. The molecule has 0 aliphatic carbocycles. The molecule has 0 bridgehead atoms. The molecule has 7 nitrogen and oxygen atoms in total. The number of thioether (sulfide) groups is 1. The molecule has 152 valence electrons. The molecule has 0 spiro atoms. The van der Waals surface area contributed by atoms with E-state index in [4.69, 9.17) is 0 Å². The number of amides is 2. The molecule has 1 fully saturated rings. The van der Waals surface area contributed by atoms with Gasteiger partial charge in [-0.2, -0.15) is 0 Å². The summed E-state index contributed by atoms with van der Waals surface area (Å²) in [6, 6.07) is 7.32. The van der Waals surface area contributed by atoms with E-state index in [-0.39, 0.29) is 33.4 Å². The predicted molar refractivity (Wildman–Crippen MR) is 102 cm³/mol. The van der Waals surface area contributed by atoms with Gasteiger partial charge in [0, 0.05) is 39.9 Å². The van der Waals surface area contributed by atoms with Gasteiger partial charge in [0.1, 0.15) is 12.1 Å². The van der Waals surface area contributed by atoms with E-state index < -0.39 is 29.9 Å². The van der Waals surface area contributed by atoms with E-state index in [0.717, 1.165) is 17.3 Å². The number of hydrogen-bond donors (Lipinski definition) is 2. The smallest absolute Gasteiger partial charge is 0.326 e. The molecule has 1 aromatic rings. The van der Waals surface area contributed by atoms with Crippen LogP contribution in [0.25, 0.3) is 0 Å². The van der Waals surface area contributed by atoms with Crippen molar-refractivity contribution in [2.75, 3.05) is 12.3 Å². The summed E-state index contributed by atoms with van der Waals surface area (Å²) < 4.78 is 0. The van der Waals surface area contributed by atoms with Gasteiger partial charge >= 0.3 is 5.97 Å². The number of carbonyl (C=O) groups is 3. The molecule has 0 radical (unpaired) electrons. The first-order chi connectivity index (χ1) is 12.9. The maximum Gasteiger partial charge on any atom is 0.326 e. The van der Waals surface area contributed by atoms with Gasteiger partial charge in [-0.15, -0.1) is 0 Å². The van der Waals surface area contributed by atoms with Crippen LogP contribution in [0.1, 0.15) is 25.3 Å². The van der Waals surface area contributed by atoms with Crippen LogP contribution in [0.5, 0.6) is 0 Å². The van der Waals surface area contributed by atoms with Crippen molar-refractivity contribution in [1.82, 2.24) is 10.2 Å². The zero-order chi connectivity index (χ0) is 19.8. The SMILES string of the molecule is C[C@H](CS[C-]=O)C(=O)N1CCC[C@H]1C(=O)NC(Cc1ccccc1)C(=O)O.[W]. The summed E-state index contributed by atoms with van der Waals surface area (Å²) in [6.07, 6.45) is 1.35. The van der Waals surface area contributed by atoms with Gasteiger partial charge in [0.15, 0.2) is 0 Å². The Labute approximate surface area is 182 Å². The summed E-state index contributed by atoms with van der Waals surface area (Å²) in [5.41, 5.74) is 2.50. The minimum atomic E-state index is -1.12. The fourth-order valence-electron chi connectivity index (χ4n) is 3.13. The van der Waals surface area contributed by atoms with Crippen molar-refractivity contribution < 1.29 is 45.3 Å². The van der Waals surface area contributed by atoms with E-state index in [2.05, 4.69) is 5.32 Å². The molecular formula is C19H23N2O5SW-. The Morgan fingerprint density at radius 3 is 2.61 bits per heavy atom. The van der Waals surface area contributed by atoms with Crippen molar-refractivity contribution in [3.8, 4) is 0 Å². The minimum absolute atomic E-state index is 0. The number of hydrogen-bond acceptors (Lipinski definition) is 5. The number of benzene rings is 1. The van der Waals surface area contributed by atoms with Gasteiger partial charge in [-0.1, -0.05) is 37.3 Å². The summed E-state index contributed by atoms with van der Waals surface area (Å²) in [7, 11) is 0. The van der Waals surface area contributed by atoms with Crippen LogP contribution in [-0.4, -0.2) is 57.8 Å². The van der Waals surface area contributed by atoms with E-state index >= 15 is 0 Å². The number of likely N-dealkylation sites (tertiary alicyclic amines) is 1. The number of aliphatic carboxylic acids is 1. The second kappa shape index (κ2) is 12.0. The van der Waals surface area contributed by atoms with Gasteiger partial charge in [0.2, 0.25) is 11.8 Å².